The van der Waals surface area contributed by atoms with E-state index in [0.29, 0.717) is 33.4 Å². The fraction of sp³-hybridized carbons (Fsp3) is 0.0769. The highest BCUT2D eigenvalue weighted by atomic mass is 19.3. The number of nitriles is 1. The van der Waals surface area contributed by atoms with Crippen molar-refractivity contribution in [3.8, 4) is 23.1 Å². The van der Waals surface area contributed by atoms with Crippen LogP contribution >= 0.6 is 0 Å². The summed E-state index contributed by atoms with van der Waals surface area (Å²) in [6.45, 7) is -3.48. The molecule has 4 aromatic rings. The largest absolute Gasteiger partial charge is 0.452 e. The number of aromatic nitrogens is 1. The molecule has 4 rings (SSSR count). The van der Waals surface area contributed by atoms with E-state index in [-0.39, 0.29) is 11.3 Å². The van der Waals surface area contributed by atoms with E-state index in [4.69, 9.17) is 10.00 Å². The van der Waals surface area contributed by atoms with Crippen LogP contribution in [0.2, 0.25) is 0 Å². The quantitative estimate of drug-likeness (QED) is 0.372. The van der Waals surface area contributed by atoms with Gasteiger partial charge in [0.1, 0.15) is 5.75 Å². The molecule has 0 unspecified atom stereocenters. The van der Waals surface area contributed by atoms with E-state index in [0.717, 1.165) is 0 Å². The number of anilines is 1. The molecule has 3 aromatic carbocycles. The van der Waals surface area contributed by atoms with Crippen LogP contribution in [0.4, 0.5) is 14.5 Å². The van der Waals surface area contributed by atoms with Crippen LogP contribution in [0.15, 0.2) is 78.9 Å². The summed E-state index contributed by atoms with van der Waals surface area (Å²) in [5, 5.41) is 12.1. The van der Waals surface area contributed by atoms with Gasteiger partial charge in [0.15, 0.2) is 6.61 Å². The number of halogens is 2. The second-order valence-corrected chi connectivity index (χ2v) is 7.29. The van der Waals surface area contributed by atoms with Crippen LogP contribution in [0.3, 0.4) is 0 Å². The lowest BCUT2D eigenvalue weighted by molar-refractivity contribution is -0.119. The van der Waals surface area contributed by atoms with Crippen molar-refractivity contribution in [1.82, 2.24) is 4.98 Å². The van der Waals surface area contributed by atoms with Crippen molar-refractivity contribution in [2.45, 2.75) is 6.61 Å². The van der Waals surface area contributed by atoms with Crippen LogP contribution in [0, 0.1) is 11.3 Å². The first-order valence-electron chi connectivity index (χ1n) is 10.3. The molecular formula is C26H17F2N3O4. The maximum Gasteiger partial charge on any atom is 0.387 e. The number of ether oxygens (including phenoxy) is 2. The number of pyridine rings is 1. The summed E-state index contributed by atoms with van der Waals surface area (Å²) in [5.74, 6) is -1.31. The number of esters is 1. The predicted octanol–water partition coefficient (Wildman–Crippen LogP) is 5.17. The maximum atomic E-state index is 12.9. The van der Waals surface area contributed by atoms with Crippen LogP contribution in [-0.4, -0.2) is 30.1 Å². The standard InChI is InChI=1S/C26H17F2N3O4/c27-26(28)35-19-10-8-17(9-11-19)23-13-21(20-6-1-2-7-22(20)31-23)25(33)34-15-24(32)30-18-5-3-4-16(12-18)14-29/h1-13,26H,15H2,(H,30,32). The van der Waals surface area contributed by atoms with Crippen LogP contribution in [-0.2, 0) is 9.53 Å². The highest BCUT2D eigenvalue weighted by Crippen LogP contribution is 2.27. The molecule has 1 aromatic heterocycles. The molecule has 9 heteroatoms. The molecule has 174 valence electrons. The molecule has 0 aliphatic heterocycles. The van der Waals surface area contributed by atoms with Gasteiger partial charge in [0, 0.05) is 16.6 Å². The summed E-state index contributed by atoms with van der Waals surface area (Å²) in [5.41, 5.74) is 2.48. The van der Waals surface area contributed by atoms with Gasteiger partial charge in [0.25, 0.3) is 5.91 Å². The molecular weight excluding hydrogens is 456 g/mol. The van der Waals surface area contributed by atoms with Gasteiger partial charge in [0.05, 0.1) is 28.4 Å². The van der Waals surface area contributed by atoms with Crippen molar-refractivity contribution in [2.24, 2.45) is 0 Å². The summed E-state index contributed by atoms with van der Waals surface area (Å²) in [6, 6.07) is 22.6. The number of amides is 1. The number of fused-ring (bicyclic) bond motifs is 1. The van der Waals surface area contributed by atoms with Crippen LogP contribution < -0.4 is 10.1 Å². The topological polar surface area (TPSA) is 101 Å². The number of benzene rings is 3. The Hall–Kier alpha value is -4.84. The number of para-hydroxylation sites is 1. The molecule has 0 saturated carbocycles. The number of carbonyl (C=O) groups is 2. The zero-order chi connectivity index (χ0) is 24.8. The molecule has 7 nitrogen and oxygen atoms in total. The molecule has 35 heavy (non-hydrogen) atoms. The normalized spacial score (nSPS) is 10.6. The smallest absolute Gasteiger partial charge is 0.387 e. The number of carbonyl (C=O) groups excluding carboxylic acids is 2. The SMILES string of the molecule is N#Cc1cccc(NC(=O)COC(=O)c2cc(-c3ccc(OC(F)F)cc3)nc3ccccc23)c1. The Labute approximate surface area is 198 Å². The predicted molar refractivity (Wildman–Crippen MR) is 124 cm³/mol. The van der Waals surface area contributed by atoms with Gasteiger partial charge >= 0.3 is 12.6 Å². The number of nitrogens with one attached hydrogen (secondary N) is 1. The molecule has 1 heterocycles. The van der Waals surface area contributed by atoms with E-state index in [9.17, 15) is 18.4 Å². The van der Waals surface area contributed by atoms with Crippen LogP contribution in [0.25, 0.3) is 22.2 Å². The molecule has 0 atom stereocenters. The lowest BCUT2D eigenvalue weighted by Gasteiger charge is -2.11. The summed E-state index contributed by atoms with van der Waals surface area (Å²) < 4.78 is 34.4. The van der Waals surface area contributed by atoms with Crippen molar-refractivity contribution in [1.29, 1.82) is 5.26 Å². The van der Waals surface area contributed by atoms with Gasteiger partial charge in [-0.1, -0.05) is 24.3 Å². The highest BCUT2D eigenvalue weighted by molar-refractivity contribution is 6.05. The van der Waals surface area contributed by atoms with E-state index >= 15 is 0 Å². The Kier molecular flexibility index (Phi) is 6.93. The summed E-state index contributed by atoms with van der Waals surface area (Å²) in [4.78, 5) is 29.7. The van der Waals surface area contributed by atoms with Gasteiger partial charge in [-0.15, -0.1) is 0 Å². The number of hydrogen-bond donors (Lipinski definition) is 1. The van der Waals surface area contributed by atoms with E-state index in [2.05, 4.69) is 15.0 Å². The molecule has 0 saturated heterocycles. The molecule has 0 aliphatic carbocycles. The zero-order valence-electron chi connectivity index (χ0n) is 18.1. The highest BCUT2D eigenvalue weighted by Gasteiger charge is 2.17. The molecule has 0 aliphatic rings. The van der Waals surface area contributed by atoms with E-state index in [1.54, 1.807) is 54.6 Å². The summed E-state index contributed by atoms with van der Waals surface area (Å²) in [6.07, 6.45) is 0. The molecule has 1 N–H and O–H groups in total. The Morgan fingerprint density at radius 2 is 1.77 bits per heavy atom. The third-order valence-electron chi connectivity index (χ3n) is 4.92. The first-order valence-corrected chi connectivity index (χ1v) is 10.3. The van der Waals surface area contributed by atoms with Crippen molar-refractivity contribution < 1.29 is 27.8 Å². The third kappa shape index (κ3) is 5.75. The minimum absolute atomic E-state index is 0.00417. The van der Waals surface area contributed by atoms with Gasteiger partial charge in [-0.3, -0.25) is 4.79 Å². The molecule has 0 radical (unpaired) electrons. The number of hydrogen-bond acceptors (Lipinski definition) is 6. The Morgan fingerprint density at radius 1 is 1.00 bits per heavy atom. The van der Waals surface area contributed by atoms with Crippen LogP contribution in [0.1, 0.15) is 15.9 Å². The molecule has 0 bridgehead atoms. The lowest BCUT2D eigenvalue weighted by Crippen LogP contribution is -2.21. The van der Waals surface area contributed by atoms with Gasteiger partial charge in [-0.05, 0) is 54.6 Å². The van der Waals surface area contributed by atoms with Gasteiger partial charge in [0.2, 0.25) is 0 Å². The van der Waals surface area contributed by atoms with E-state index in [1.807, 2.05) is 6.07 Å². The van der Waals surface area contributed by atoms with E-state index in [1.165, 1.54) is 24.3 Å². The third-order valence-corrected chi connectivity index (χ3v) is 4.92. The molecule has 1 amide bonds. The minimum atomic E-state index is -2.94. The Morgan fingerprint density at radius 3 is 2.51 bits per heavy atom. The van der Waals surface area contributed by atoms with Gasteiger partial charge < -0.3 is 14.8 Å². The minimum Gasteiger partial charge on any atom is -0.452 e. The fourth-order valence-electron chi connectivity index (χ4n) is 3.37. The summed E-state index contributed by atoms with van der Waals surface area (Å²) >= 11 is 0. The Balaban J connectivity index is 1.54. The average molecular weight is 473 g/mol. The first kappa shape index (κ1) is 23.3. The molecule has 0 spiro atoms. The second kappa shape index (κ2) is 10.4. The number of nitrogens with zero attached hydrogens (tertiary/aromatic N) is 2. The maximum absolute atomic E-state index is 12.9. The van der Waals surface area contributed by atoms with Crippen molar-refractivity contribution >= 4 is 28.5 Å². The average Bonchev–Trinajstić information content (AvgIpc) is 2.87. The van der Waals surface area contributed by atoms with E-state index < -0.39 is 25.1 Å². The number of alkyl halides is 2. The van der Waals surface area contributed by atoms with Gasteiger partial charge in [-0.25, -0.2) is 9.78 Å². The Bertz CT molecular complexity index is 1430. The summed E-state index contributed by atoms with van der Waals surface area (Å²) in [7, 11) is 0. The monoisotopic (exact) mass is 473 g/mol. The molecule has 0 fully saturated rings. The van der Waals surface area contributed by atoms with Crippen molar-refractivity contribution in [3.63, 3.8) is 0 Å². The fourth-order valence-corrected chi connectivity index (χ4v) is 3.37. The van der Waals surface area contributed by atoms with Crippen molar-refractivity contribution in [2.75, 3.05) is 11.9 Å². The lowest BCUT2D eigenvalue weighted by atomic mass is 10.0. The van der Waals surface area contributed by atoms with Crippen LogP contribution in [0.5, 0.6) is 5.75 Å². The number of rotatable bonds is 7. The van der Waals surface area contributed by atoms with Gasteiger partial charge in [-0.2, -0.15) is 14.0 Å². The van der Waals surface area contributed by atoms with Crippen molar-refractivity contribution in [3.05, 3.63) is 90.0 Å². The zero-order valence-corrected chi connectivity index (χ0v) is 18.1. The second-order valence-electron chi connectivity index (χ2n) is 7.29. The first-order chi connectivity index (χ1) is 16.9.